The van der Waals surface area contributed by atoms with Crippen LogP contribution in [-0.4, -0.2) is 36.9 Å². The Labute approximate surface area is 121 Å². The van der Waals surface area contributed by atoms with Gasteiger partial charge in [-0.1, -0.05) is 0 Å². The molecule has 144 valence electrons. The van der Waals surface area contributed by atoms with E-state index in [1.165, 1.54) is 0 Å². The van der Waals surface area contributed by atoms with Gasteiger partial charge >= 0.3 is 24.7 Å². The molecular weight excluding hydrogens is 402 g/mol. The van der Waals surface area contributed by atoms with Crippen molar-refractivity contribution in [1.82, 2.24) is 0 Å². The largest absolute Gasteiger partial charge is 0.424 e. The summed E-state index contributed by atoms with van der Waals surface area (Å²) in [5, 5.41) is 0. The van der Waals surface area contributed by atoms with Crippen molar-refractivity contribution in [2.24, 2.45) is 0 Å². The van der Waals surface area contributed by atoms with Gasteiger partial charge in [0.15, 0.2) is 12.3 Å². The van der Waals surface area contributed by atoms with Crippen LogP contribution < -0.4 is 0 Å². The highest BCUT2D eigenvalue weighted by molar-refractivity contribution is 7.89. The van der Waals surface area contributed by atoms with Crippen LogP contribution in [0.2, 0.25) is 0 Å². The van der Waals surface area contributed by atoms with Gasteiger partial charge in [0.2, 0.25) is 0 Å². The molecule has 0 aliphatic carbocycles. The van der Waals surface area contributed by atoms with Crippen LogP contribution in [0.1, 0.15) is 0 Å². The maximum atomic E-state index is 11.9. The Kier molecular flexibility index (Phi) is 9.92. The van der Waals surface area contributed by atoms with Crippen molar-refractivity contribution in [1.29, 1.82) is 0 Å². The molecule has 0 fully saturated rings. The van der Waals surface area contributed by atoms with Crippen molar-refractivity contribution in [2.45, 2.75) is 36.9 Å². The van der Waals surface area contributed by atoms with E-state index in [0.717, 1.165) is 0 Å². The SMILES string of the molecule is F.F.FC(F)(F)C(OSOC(C(F)(F)F)C(F)(F)F)C(F)(F)F. The monoisotopic (exact) mass is 406 g/mol. The Morgan fingerprint density at radius 3 is 0.783 bits per heavy atom. The second kappa shape index (κ2) is 8.41. The summed E-state index contributed by atoms with van der Waals surface area (Å²) in [6.45, 7) is 0. The van der Waals surface area contributed by atoms with E-state index in [9.17, 15) is 52.7 Å². The molecule has 0 radical (unpaired) electrons. The highest BCUT2D eigenvalue weighted by Crippen LogP contribution is 2.41. The third kappa shape index (κ3) is 9.23. The van der Waals surface area contributed by atoms with Gasteiger partial charge in [0.1, 0.15) is 0 Å². The van der Waals surface area contributed by atoms with Crippen LogP contribution in [0.5, 0.6) is 0 Å². The second-order valence-electron chi connectivity index (χ2n) is 3.19. The normalized spacial score (nSPS) is 13.8. The Morgan fingerprint density at radius 1 is 0.478 bits per heavy atom. The lowest BCUT2D eigenvalue weighted by atomic mass is 10.3. The zero-order valence-electron chi connectivity index (χ0n) is 9.73. The van der Waals surface area contributed by atoms with Gasteiger partial charge in [-0.3, -0.25) is 17.8 Å². The molecule has 2 nitrogen and oxygen atoms in total. The lowest BCUT2D eigenvalue weighted by Crippen LogP contribution is -2.45. The van der Waals surface area contributed by atoms with E-state index < -0.39 is 49.2 Å². The van der Waals surface area contributed by atoms with E-state index >= 15 is 0 Å². The van der Waals surface area contributed by atoms with Crippen LogP contribution in [0.15, 0.2) is 0 Å². The Balaban J connectivity index is -0.00000200. The predicted octanol–water partition coefficient (Wildman–Crippen LogP) is 4.87. The molecule has 0 amide bonds. The summed E-state index contributed by atoms with van der Waals surface area (Å²) in [6.07, 6.45) is -33.7. The molecule has 0 aromatic carbocycles. The van der Waals surface area contributed by atoms with E-state index in [-0.39, 0.29) is 9.41 Å². The Hall–Kier alpha value is -0.710. The molecule has 0 aliphatic rings. The maximum absolute atomic E-state index is 11.9. The lowest BCUT2D eigenvalue weighted by Gasteiger charge is -2.24. The second-order valence-corrected chi connectivity index (χ2v) is 3.71. The summed E-state index contributed by atoms with van der Waals surface area (Å²) in [5.74, 6) is 0. The summed E-state index contributed by atoms with van der Waals surface area (Å²) in [5.41, 5.74) is 0. The molecule has 0 heterocycles. The molecule has 0 saturated carbocycles. The molecule has 23 heavy (non-hydrogen) atoms. The summed E-state index contributed by atoms with van der Waals surface area (Å²) in [7, 11) is 0. The first-order valence-electron chi connectivity index (χ1n) is 4.23. The fourth-order valence-electron chi connectivity index (χ4n) is 0.691. The van der Waals surface area contributed by atoms with Crippen LogP contribution in [0.25, 0.3) is 0 Å². The van der Waals surface area contributed by atoms with Gasteiger partial charge in [0.25, 0.3) is 12.2 Å². The number of halogens is 14. The molecule has 0 aromatic rings. The first-order chi connectivity index (χ1) is 8.97. The van der Waals surface area contributed by atoms with Crippen LogP contribution in [0.4, 0.5) is 62.1 Å². The zero-order chi connectivity index (χ0) is 17.3. The first-order valence-corrected chi connectivity index (χ1v) is 4.89. The lowest BCUT2D eigenvalue weighted by molar-refractivity contribution is -0.307. The van der Waals surface area contributed by atoms with Crippen molar-refractivity contribution < 1.29 is 70.5 Å². The van der Waals surface area contributed by atoms with Crippen LogP contribution in [-0.2, 0) is 8.37 Å². The van der Waals surface area contributed by atoms with E-state index in [1.54, 1.807) is 0 Å². The smallest absolute Gasteiger partial charge is 0.269 e. The zero-order valence-corrected chi connectivity index (χ0v) is 10.5. The highest BCUT2D eigenvalue weighted by Gasteiger charge is 2.61. The minimum absolute atomic E-state index is 0. The minimum Gasteiger partial charge on any atom is -0.269 e. The average Bonchev–Trinajstić information content (AvgIpc) is 2.07. The van der Waals surface area contributed by atoms with E-state index in [2.05, 4.69) is 8.37 Å². The summed E-state index contributed by atoms with van der Waals surface area (Å²) in [6, 6.07) is 0. The predicted molar refractivity (Wildman–Crippen MR) is 46.6 cm³/mol. The molecule has 0 N–H and O–H groups in total. The summed E-state index contributed by atoms with van der Waals surface area (Å²) < 4.78 is 148. The van der Waals surface area contributed by atoms with Crippen molar-refractivity contribution in [3.63, 3.8) is 0 Å². The molecule has 17 heteroatoms. The third-order valence-electron chi connectivity index (χ3n) is 1.46. The number of rotatable bonds is 4. The van der Waals surface area contributed by atoms with Crippen molar-refractivity contribution >= 4 is 12.3 Å². The molecule has 0 aromatic heterocycles. The van der Waals surface area contributed by atoms with Gasteiger partial charge < -0.3 is 0 Å². The quantitative estimate of drug-likeness (QED) is 0.490. The van der Waals surface area contributed by atoms with Crippen molar-refractivity contribution in [3.05, 3.63) is 0 Å². The Bertz CT molecular complexity index is 268. The van der Waals surface area contributed by atoms with Gasteiger partial charge in [0, 0.05) is 0 Å². The molecule has 0 aliphatic heterocycles. The molecule has 0 atom stereocenters. The highest BCUT2D eigenvalue weighted by atomic mass is 32.2. The topological polar surface area (TPSA) is 18.5 Å². The van der Waals surface area contributed by atoms with Crippen LogP contribution in [0, 0.1) is 0 Å². The van der Waals surface area contributed by atoms with E-state index in [0.29, 0.717) is 0 Å². The molecule has 0 rings (SSSR count). The van der Waals surface area contributed by atoms with Gasteiger partial charge in [0.05, 0.1) is 0 Å². The molecule has 0 unspecified atom stereocenters. The first kappa shape index (κ1) is 27.2. The van der Waals surface area contributed by atoms with Gasteiger partial charge in [-0.25, -0.2) is 0 Å². The van der Waals surface area contributed by atoms with Crippen molar-refractivity contribution in [3.8, 4) is 0 Å². The van der Waals surface area contributed by atoms with Gasteiger partial charge in [-0.2, -0.15) is 52.7 Å². The maximum Gasteiger partial charge on any atom is 0.424 e. The van der Waals surface area contributed by atoms with E-state index in [4.69, 9.17) is 0 Å². The molecule has 0 spiro atoms. The van der Waals surface area contributed by atoms with E-state index in [1.807, 2.05) is 0 Å². The fourth-order valence-corrected chi connectivity index (χ4v) is 1.33. The van der Waals surface area contributed by atoms with Crippen molar-refractivity contribution in [2.75, 3.05) is 0 Å². The summed E-state index contributed by atoms with van der Waals surface area (Å²) in [4.78, 5) is 0. The van der Waals surface area contributed by atoms with Gasteiger partial charge in [-0.15, -0.1) is 0 Å². The average molecular weight is 406 g/mol. The number of alkyl halides is 12. The van der Waals surface area contributed by atoms with Crippen LogP contribution >= 0.6 is 12.3 Å². The minimum atomic E-state index is -6.11. The standard InChI is InChI=1S/C6H2F12O2S.2FH/c7-3(8,9)1(4(10,11)12)19-21-20-2(5(13,14)15)6(16,17)18;;/h1-2H;2*1H. The molecule has 0 saturated heterocycles. The number of hydrogen-bond donors (Lipinski definition) is 0. The Morgan fingerprint density at radius 2 is 0.652 bits per heavy atom. The van der Waals surface area contributed by atoms with Crippen LogP contribution in [0.3, 0.4) is 0 Å². The third-order valence-corrected chi connectivity index (χ3v) is 2.00. The molecule has 0 bridgehead atoms. The number of hydrogen-bond acceptors (Lipinski definition) is 3. The van der Waals surface area contributed by atoms with Gasteiger partial charge in [-0.05, 0) is 0 Å². The fraction of sp³-hybridized carbons (Fsp3) is 1.00. The summed E-state index contributed by atoms with van der Waals surface area (Å²) >= 11 is -1.70. The molecular formula is C6H4F14O2S.